The van der Waals surface area contributed by atoms with Crippen LogP contribution in [0.4, 0.5) is 0 Å². The lowest BCUT2D eigenvalue weighted by atomic mass is 9.73. The van der Waals surface area contributed by atoms with E-state index in [0.717, 1.165) is 31.2 Å². The van der Waals surface area contributed by atoms with Gasteiger partial charge in [-0.15, -0.1) is 0 Å². The number of aryl methyl sites for hydroxylation is 2. The van der Waals surface area contributed by atoms with Crippen molar-refractivity contribution in [1.82, 2.24) is 9.88 Å². The van der Waals surface area contributed by atoms with E-state index in [1.807, 2.05) is 11.8 Å². The summed E-state index contributed by atoms with van der Waals surface area (Å²) in [6.45, 7) is 4.01. The fourth-order valence-corrected chi connectivity index (χ4v) is 4.03. The zero-order chi connectivity index (χ0) is 17.6. The number of hydrogen-bond donors (Lipinski definition) is 1. The minimum Gasteiger partial charge on any atom is -0.331 e. The Hall–Kier alpha value is -2.36. The average Bonchev–Trinajstić information content (AvgIpc) is 3.34. The topological polar surface area (TPSA) is 53.2 Å². The molecule has 25 heavy (non-hydrogen) atoms. The molecule has 0 atom stereocenters. The van der Waals surface area contributed by atoms with Gasteiger partial charge in [0.15, 0.2) is 0 Å². The van der Waals surface area contributed by atoms with Gasteiger partial charge in [-0.05, 0) is 68.2 Å². The molecule has 2 saturated carbocycles. The Morgan fingerprint density at radius 2 is 1.80 bits per heavy atom. The number of hydrogen-bond acceptors (Lipinski definition) is 2. The van der Waals surface area contributed by atoms with E-state index in [0.29, 0.717) is 17.7 Å². The van der Waals surface area contributed by atoms with Crippen LogP contribution in [0, 0.1) is 13.8 Å². The van der Waals surface area contributed by atoms with Gasteiger partial charge in [0.2, 0.25) is 5.56 Å². The van der Waals surface area contributed by atoms with Crippen LogP contribution in [0.1, 0.15) is 58.8 Å². The fraction of sp³-hybridized carbons (Fsp3) is 0.429. The van der Waals surface area contributed by atoms with E-state index in [1.165, 1.54) is 17.2 Å². The maximum atomic E-state index is 13.0. The number of nitrogens with one attached hydrogen (secondary N) is 1. The number of aromatic amines is 1. The van der Waals surface area contributed by atoms with Crippen LogP contribution in [-0.4, -0.2) is 27.9 Å². The van der Waals surface area contributed by atoms with E-state index in [-0.39, 0.29) is 17.5 Å². The smallest absolute Gasteiger partial charge is 0.270 e. The van der Waals surface area contributed by atoms with Crippen LogP contribution in [0.15, 0.2) is 41.2 Å². The highest BCUT2D eigenvalue weighted by atomic mass is 16.2. The number of nitrogens with zero attached hydrogens (tertiary/aromatic N) is 1. The second-order valence-electron chi connectivity index (χ2n) is 7.56. The number of benzene rings is 1. The summed E-state index contributed by atoms with van der Waals surface area (Å²) in [6, 6.07) is 12.5. The van der Waals surface area contributed by atoms with E-state index in [9.17, 15) is 9.59 Å². The molecule has 4 rings (SSSR count). The molecule has 0 aliphatic heterocycles. The first-order valence-electron chi connectivity index (χ1n) is 9.12. The molecule has 130 valence electrons. The molecular formula is C21H24N2O2. The normalized spacial score (nSPS) is 22.3. The molecule has 0 unspecified atom stereocenters. The summed E-state index contributed by atoms with van der Waals surface area (Å²) in [5.41, 5.74) is 3.79. The first-order valence-corrected chi connectivity index (χ1v) is 9.12. The lowest BCUT2D eigenvalue weighted by Crippen LogP contribution is -2.48. The highest BCUT2D eigenvalue weighted by molar-refractivity contribution is 5.93. The number of carbonyl (C=O) groups excluding carboxylic acids is 1. The first-order chi connectivity index (χ1) is 12.0. The fourth-order valence-electron chi connectivity index (χ4n) is 4.03. The number of H-pyrrole nitrogens is 1. The number of rotatable bonds is 4. The van der Waals surface area contributed by atoms with Crippen LogP contribution in [0.5, 0.6) is 0 Å². The molecule has 0 radical (unpaired) electrons. The summed E-state index contributed by atoms with van der Waals surface area (Å²) in [5, 5.41) is 0. The van der Waals surface area contributed by atoms with Gasteiger partial charge < -0.3 is 9.88 Å². The monoisotopic (exact) mass is 336 g/mol. The zero-order valence-corrected chi connectivity index (χ0v) is 14.8. The molecule has 1 heterocycles. The van der Waals surface area contributed by atoms with E-state index in [2.05, 4.69) is 36.2 Å². The average molecular weight is 336 g/mol. The van der Waals surface area contributed by atoms with Gasteiger partial charge >= 0.3 is 0 Å². The van der Waals surface area contributed by atoms with Crippen molar-refractivity contribution in [3.05, 3.63) is 69.1 Å². The zero-order valence-electron chi connectivity index (χ0n) is 14.8. The van der Waals surface area contributed by atoms with E-state index in [4.69, 9.17) is 0 Å². The van der Waals surface area contributed by atoms with Crippen molar-refractivity contribution in [2.75, 3.05) is 0 Å². The Bertz CT molecular complexity index is 860. The lowest BCUT2D eigenvalue weighted by molar-refractivity contribution is 0.0510. The first kappa shape index (κ1) is 16.1. The summed E-state index contributed by atoms with van der Waals surface area (Å²) in [5.74, 6) is 0.522. The Kier molecular flexibility index (Phi) is 3.98. The molecule has 2 aliphatic rings. The van der Waals surface area contributed by atoms with Crippen molar-refractivity contribution in [3.63, 3.8) is 0 Å². The SMILES string of the molecule is Cc1cc(C(=O)N(C2CC2)C2CC(c3ccccc3C)C2)[nH]c(=O)c1. The van der Waals surface area contributed by atoms with Crippen molar-refractivity contribution < 1.29 is 4.79 Å². The summed E-state index contributed by atoms with van der Waals surface area (Å²) in [4.78, 5) is 29.5. The van der Waals surface area contributed by atoms with Crippen LogP contribution in [0.3, 0.4) is 0 Å². The largest absolute Gasteiger partial charge is 0.331 e. The van der Waals surface area contributed by atoms with Gasteiger partial charge in [-0.1, -0.05) is 24.3 Å². The van der Waals surface area contributed by atoms with Gasteiger partial charge in [0.25, 0.3) is 5.91 Å². The van der Waals surface area contributed by atoms with Crippen LogP contribution in [-0.2, 0) is 0 Å². The third kappa shape index (κ3) is 3.13. The number of amides is 1. The molecule has 2 fully saturated rings. The van der Waals surface area contributed by atoms with Crippen molar-refractivity contribution in [1.29, 1.82) is 0 Å². The molecule has 0 spiro atoms. The molecule has 1 aromatic carbocycles. The highest BCUT2D eigenvalue weighted by Gasteiger charge is 2.44. The second kappa shape index (κ2) is 6.17. The van der Waals surface area contributed by atoms with Gasteiger partial charge in [-0.3, -0.25) is 9.59 Å². The molecule has 2 aliphatic carbocycles. The maximum absolute atomic E-state index is 13.0. The summed E-state index contributed by atoms with van der Waals surface area (Å²) >= 11 is 0. The van der Waals surface area contributed by atoms with Crippen molar-refractivity contribution in [2.45, 2.75) is 57.5 Å². The van der Waals surface area contributed by atoms with Gasteiger partial charge in [-0.25, -0.2) is 0 Å². The van der Waals surface area contributed by atoms with E-state index in [1.54, 1.807) is 6.07 Å². The molecule has 4 heteroatoms. The molecular weight excluding hydrogens is 312 g/mol. The molecule has 0 saturated heterocycles. The third-order valence-corrected chi connectivity index (χ3v) is 5.53. The molecule has 4 nitrogen and oxygen atoms in total. The molecule has 1 aromatic heterocycles. The second-order valence-corrected chi connectivity index (χ2v) is 7.56. The quantitative estimate of drug-likeness (QED) is 0.928. The van der Waals surface area contributed by atoms with Crippen LogP contribution in [0.2, 0.25) is 0 Å². The highest BCUT2D eigenvalue weighted by Crippen LogP contribution is 2.44. The van der Waals surface area contributed by atoms with Crippen molar-refractivity contribution in [2.24, 2.45) is 0 Å². The Morgan fingerprint density at radius 3 is 2.44 bits per heavy atom. The van der Waals surface area contributed by atoms with Crippen molar-refractivity contribution >= 4 is 5.91 Å². The molecule has 1 N–H and O–H groups in total. The van der Waals surface area contributed by atoms with Gasteiger partial charge in [0.05, 0.1) is 0 Å². The predicted molar refractivity (Wildman–Crippen MR) is 97.9 cm³/mol. The lowest BCUT2D eigenvalue weighted by Gasteiger charge is -2.44. The van der Waals surface area contributed by atoms with Gasteiger partial charge in [0, 0.05) is 18.2 Å². The Labute approximate surface area is 147 Å². The maximum Gasteiger partial charge on any atom is 0.270 e. The summed E-state index contributed by atoms with van der Waals surface area (Å²) in [6.07, 6.45) is 4.19. The number of aromatic nitrogens is 1. The molecule has 0 bridgehead atoms. The Balaban J connectivity index is 1.52. The van der Waals surface area contributed by atoms with Crippen molar-refractivity contribution in [3.8, 4) is 0 Å². The molecule has 1 amide bonds. The summed E-state index contributed by atoms with van der Waals surface area (Å²) < 4.78 is 0. The third-order valence-electron chi connectivity index (χ3n) is 5.53. The van der Waals surface area contributed by atoms with Gasteiger partial charge in [-0.2, -0.15) is 0 Å². The van der Waals surface area contributed by atoms with E-state index < -0.39 is 0 Å². The molecule has 2 aromatic rings. The van der Waals surface area contributed by atoms with Crippen LogP contribution in [0.25, 0.3) is 0 Å². The minimum absolute atomic E-state index is 0.0171. The predicted octanol–water partition coefficient (Wildman–Crippen LogP) is 3.54. The standard InChI is InChI=1S/C21H24N2O2/c1-13-9-19(22-20(24)10-13)21(25)23(16-7-8-16)17-11-15(12-17)18-6-4-3-5-14(18)2/h3-6,9-10,15-17H,7-8,11-12H2,1-2H3,(H,22,24). The Morgan fingerprint density at radius 1 is 1.08 bits per heavy atom. The summed E-state index contributed by atoms with van der Waals surface area (Å²) in [7, 11) is 0. The van der Waals surface area contributed by atoms with Gasteiger partial charge in [0.1, 0.15) is 5.69 Å². The van der Waals surface area contributed by atoms with Crippen LogP contribution < -0.4 is 5.56 Å². The minimum atomic E-state index is -0.203. The van der Waals surface area contributed by atoms with Crippen LogP contribution >= 0.6 is 0 Å². The number of pyridine rings is 1. The number of carbonyl (C=O) groups is 1. The van der Waals surface area contributed by atoms with E-state index >= 15 is 0 Å².